The van der Waals surface area contributed by atoms with Crippen molar-refractivity contribution in [2.24, 2.45) is 0 Å². The van der Waals surface area contributed by atoms with E-state index in [-0.39, 0.29) is 5.82 Å². The summed E-state index contributed by atoms with van der Waals surface area (Å²) in [4.78, 5) is 4.53. The maximum atomic E-state index is 13.1. The number of hydrogen-bond donors (Lipinski definition) is 0. The van der Waals surface area contributed by atoms with E-state index in [1.807, 2.05) is 0 Å². The van der Waals surface area contributed by atoms with Crippen LogP contribution >= 0.6 is 0 Å². The highest BCUT2D eigenvalue weighted by molar-refractivity contribution is 5.59. The highest BCUT2D eigenvalue weighted by atomic mass is 19.1. The predicted octanol–water partition coefficient (Wildman–Crippen LogP) is 2.23. The molecule has 0 aliphatic carbocycles. The molecule has 3 nitrogen and oxygen atoms in total. The van der Waals surface area contributed by atoms with Gasteiger partial charge in [0.15, 0.2) is 0 Å². The molecule has 0 aromatic heterocycles. The van der Waals surface area contributed by atoms with Gasteiger partial charge in [0.1, 0.15) is 11.9 Å². The summed E-state index contributed by atoms with van der Waals surface area (Å²) >= 11 is 0. The molecule has 4 heteroatoms. The number of likely N-dealkylation sites (N-methyl/N-ethyl adjacent to an activating group) is 1. The van der Waals surface area contributed by atoms with Gasteiger partial charge in [-0.3, -0.25) is 4.90 Å². The summed E-state index contributed by atoms with van der Waals surface area (Å²) in [5, 5.41) is 9.09. The minimum Gasteiger partial charge on any atom is -0.368 e. The Kier molecular flexibility index (Phi) is 3.83. The molecule has 0 bridgehead atoms. The first-order valence-electron chi connectivity index (χ1n) is 6.30. The molecule has 18 heavy (non-hydrogen) atoms. The number of benzene rings is 1. The highest BCUT2D eigenvalue weighted by Gasteiger charge is 2.24. The smallest absolute Gasteiger partial charge is 0.124 e. The number of piperazine rings is 1. The summed E-state index contributed by atoms with van der Waals surface area (Å²) < 4.78 is 13.1. The molecule has 1 fully saturated rings. The Morgan fingerprint density at radius 3 is 2.89 bits per heavy atom. The van der Waals surface area contributed by atoms with Gasteiger partial charge in [-0.1, -0.05) is 6.92 Å². The lowest BCUT2D eigenvalue weighted by Gasteiger charge is -2.40. The third-order valence-corrected chi connectivity index (χ3v) is 3.67. The molecule has 1 aromatic rings. The molecule has 0 spiro atoms. The van der Waals surface area contributed by atoms with Crippen molar-refractivity contribution in [2.75, 3.05) is 31.6 Å². The number of rotatable bonds is 2. The van der Waals surface area contributed by atoms with Gasteiger partial charge in [0.05, 0.1) is 11.3 Å². The molecule has 1 saturated heterocycles. The van der Waals surface area contributed by atoms with Gasteiger partial charge in [0.25, 0.3) is 0 Å². The van der Waals surface area contributed by atoms with Crippen LogP contribution in [0.5, 0.6) is 0 Å². The Hall–Kier alpha value is -1.60. The minimum absolute atomic E-state index is 0.350. The van der Waals surface area contributed by atoms with Gasteiger partial charge < -0.3 is 4.90 Å². The van der Waals surface area contributed by atoms with Crippen LogP contribution < -0.4 is 4.90 Å². The first kappa shape index (κ1) is 12.8. The Balaban J connectivity index is 2.25. The maximum absolute atomic E-state index is 13.1. The van der Waals surface area contributed by atoms with Crippen molar-refractivity contribution in [3.8, 4) is 6.07 Å². The predicted molar refractivity (Wildman–Crippen MR) is 70.0 cm³/mol. The molecule has 2 rings (SSSR count). The van der Waals surface area contributed by atoms with Crippen LogP contribution in [0.15, 0.2) is 18.2 Å². The SMILES string of the molecule is CCC1CN(c2ccc(F)cc2C#N)CCN1C. The zero-order valence-electron chi connectivity index (χ0n) is 10.9. The summed E-state index contributed by atoms with van der Waals surface area (Å²) in [7, 11) is 2.13. The molecule has 0 N–H and O–H groups in total. The normalized spacial score (nSPS) is 20.8. The Morgan fingerprint density at radius 1 is 1.44 bits per heavy atom. The van der Waals surface area contributed by atoms with Crippen molar-refractivity contribution in [1.29, 1.82) is 5.26 Å². The van der Waals surface area contributed by atoms with Crippen LogP contribution in [0.4, 0.5) is 10.1 Å². The van der Waals surface area contributed by atoms with Crippen molar-refractivity contribution < 1.29 is 4.39 Å². The Labute approximate surface area is 107 Å². The van der Waals surface area contributed by atoms with E-state index in [9.17, 15) is 4.39 Å². The van der Waals surface area contributed by atoms with E-state index in [4.69, 9.17) is 5.26 Å². The molecule has 0 saturated carbocycles. The fraction of sp³-hybridized carbons (Fsp3) is 0.500. The van der Waals surface area contributed by atoms with Crippen LogP contribution in [0.1, 0.15) is 18.9 Å². The van der Waals surface area contributed by atoms with E-state index in [0.29, 0.717) is 11.6 Å². The molecule has 1 aromatic carbocycles. The molecule has 1 heterocycles. The van der Waals surface area contributed by atoms with E-state index < -0.39 is 0 Å². The van der Waals surface area contributed by atoms with Crippen LogP contribution in [-0.4, -0.2) is 37.6 Å². The standard InChI is InChI=1S/C14H18FN3/c1-3-13-10-18(7-6-17(13)2)14-5-4-12(15)8-11(14)9-16/h4-5,8,13H,3,6-7,10H2,1-2H3. The molecule has 1 atom stereocenters. The first-order chi connectivity index (χ1) is 8.65. The molecule has 96 valence electrons. The van der Waals surface area contributed by atoms with Gasteiger partial charge in [-0.15, -0.1) is 0 Å². The summed E-state index contributed by atoms with van der Waals surface area (Å²) in [6.45, 7) is 4.92. The Bertz CT molecular complexity index is 467. The van der Waals surface area contributed by atoms with Crippen molar-refractivity contribution in [3.63, 3.8) is 0 Å². The van der Waals surface area contributed by atoms with Crippen LogP contribution in [0, 0.1) is 17.1 Å². The van der Waals surface area contributed by atoms with Crippen molar-refractivity contribution in [3.05, 3.63) is 29.6 Å². The zero-order valence-corrected chi connectivity index (χ0v) is 10.9. The second-order valence-corrected chi connectivity index (χ2v) is 4.76. The van der Waals surface area contributed by atoms with Crippen molar-refractivity contribution >= 4 is 5.69 Å². The third-order valence-electron chi connectivity index (χ3n) is 3.67. The Morgan fingerprint density at radius 2 is 2.22 bits per heavy atom. The second kappa shape index (κ2) is 5.36. The zero-order chi connectivity index (χ0) is 13.1. The lowest BCUT2D eigenvalue weighted by molar-refractivity contribution is 0.213. The fourth-order valence-electron chi connectivity index (χ4n) is 2.48. The van der Waals surface area contributed by atoms with Gasteiger partial charge >= 0.3 is 0 Å². The van der Waals surface area contributed by atoms with E-state index in [0.717, 1.165) is 31.7 Å². The average Bonchev–Trinajstić information content (AvgIpc) is 2.39. The third kappa shape index (κ3) is 2.46. The number of hydrogen-bond acceptors (Lipinski definition) is 3. The molecule has 1 aliphatic heterocycles. The van der Waals surface area contributed by atoms with Gasteiger partial charge in [-0.05, 0) is 31.7 Å². The van der Waals surface area contributed by atoms with E-state index in [1.54, 1.807) is 6.07 Å². The number of anilines is 1. The van der Waals surface area contributed by atoms with E-state index in [2.05, 4.69) is 29.8 Å². The summed E-state index contributed by atoms with van der Waals surface area (Å²) in [5.74, 6) is -0.350. The number of halogens is 1. The topological polar surface area (TPSA) is 30.3 Å². The quantitative estimate of drug-likeness (QED) is 0.803. The minimum atomic E-state index is -0.350. The average molecular weight is 247 g/mol. The van der Waals surface area contributed by atoms with Gasteiger partial charge in [-0.2, -0.15) is 5.26 Å². The molecular weight excluding hydrogens is 229 g/mol. The molecule has 0 amide bonds. The van der Waals surface area contributed by atoms with Crippen LogP contribution in [0.2, 0.25) is 0 Å². The van der Waals surface area contributed by atoms with Gasteiger partial charge in [0.2, 0.25) is 0 Å². The summed E-state index contributed by atoms with van der Waals surface area (Å²) in [5.41, 5.74) is 1.28. The van der Waals surface area contributed by atoms with Crippen molar-refractivity contribution in [2.45, 2.75) is 19.4 Å². The molecule has 1 aliphatic rings. The first-order valence-corrected chi connectivity index (χ1v) is 6.30. The van der Waals surface area contributed by atoms with Gasteiger partial charge in [0, 0.05) is 25.7 Å². The summed E-state index contributed by atoms with van der Waals surface area (Å²) in [6.07, 6.45) is 1.08. The fourth-order valence-corrected chi connectivity index (χ4v) is 2.48. The van der Waals surface area contributed by atoms with E-state index >= 15 is 0 Å². The lowest BCUT2D eigenvalue weighted by Crippen LogP contribution is -2.51. The van der Waals surface area contributed by atoms with Gasteiger partial charge in [-0.25, -0.2) is 4.39 Å². The monoisotopic (exact) mass is 247 g/mol. The second-order valence-electron chi connectivity index (χ2n) is 4.76. The van der Waals surface area contributed by atoms with Crippen LogP contribution in [-0.2, 0) is 0 Å². The number of nitrogens with zero attached hydrogens (tertiary/aromatic N) is 3. The van der Waals surface area contributed by atoms with Crippen LogP contribution in [0.3, 0.4) is 0 Å². The van der Waals surface area contributed by atoms with E-state index in [1.165, 1.54) is 12.1 Å². The molecular formula is C14H18FN3. The number of nitriles is 1. The lowest BCUT2D eigenvalue weighted by atomic mass is 10.1. The highest BCUT2D eigenvalue weighted by Crippen LogP contribution is 2.24. The molecule has 1 unspecified atom stereocenters. The van der Waals surface area contributed by atoms with Crippen molar-refractivity contribution in [1.82, 2.24) is 4.90 Å². The largest absolute Gasteiger partial charge is 0.368 e. The van der Waals surface area contributed by atoms with Crippen LogP contribution in [0.25, 0.3) is 0 Å². The maximum Gasteiger partial charge on any atom is 0.124 e. The molecule has 0 radical (unpaired) electrons. The summed E-state index contributed by atoms with van der Waals surface area (Å²) in [6, 6.07) is 7.03.